The average molecular weight is 1100 g/mol. The van der Waals surface area contributed by atoms with Crippen LogP contribution in [0.3, 0.4) is 0 Å². The van der Waals surface area contributed by atoms with Crippen LogP contribution in [-0.4, -0.2) is 202 Å². The van der Waals surface area contributed by atoms with Gasteiger partial charge < -0.3 is 73.8 Å². The van der Waals surface area contributed by atoms with Crippen molar-refractivity contribution in [3.8, 4) is 0 Å². The molecule has 3 fully saturated rings. The number of rotatable bonds is 16. The van der Waals surface area contributed by atoms with Crippen LogP contribution in [0.2, 0.25) is 10.0 Å². The Balaban J connectivity index is 1.78. The van der Waals surface area contributed by atoms with Crippen LogP contribution in [0.5, 0.6) is 0 Å². The van der Waals surface area contributed by atoms with E-state index in [1.165, 1.54) is 14.0 Å². The second-order valence-electron chi connectivity index (χ2n) is 21.7. The summed E-state index contributed by atoms with van der Waals surface area (Å²) >= 11 is 18.5. The van der Waals surface area contributed by atoms with Crippen molar-refractivity contribution in [3.63, 3.8) is 0 Å². The summed E-state index contributed by atoms with van der Waals surface area (Å²) in [5.74, 6) is -3.39. The summed E-state index contributed by atoms with van der Waals surface area (Å²) in [6, 6.07) is 3.90. The first-order valence-corrected chi connectivity index (χ1v) is 27.1. The lowest BCUT2D eigenvalue weighted by atomic mass is 9.77. The van der Waals surface area contributed by atoms with Crippen LogP contribution in [0.1, 0.15) is 115 Å². The van der Waals surface area contributed by atoms with E-state index >= 15 is 0 Å². The normalized spacial score (nSPS) is 38.5. The second-order valence-corrected chi connectivity index (χ2v) is 22.9. The zero-order valence-corrected chi connectivity index (χ0v) is 47.9. The molecule has 21 heteroatoms. The number of aliphatic hydroxyl groups excluding tert-OH is 3. The molecule has 0 radical (unpaired) electrons. The molecular formula is C52H88Cl2N4O14S. The number of carbonyl (C=O) groups is 2. The molecule has 1 aromatic carbocycles. The summed E-state index contributed by atoms with van der Waals surface area (Å²) in [5, 5.41) is 64.9. The van der Waals surface area contributed by atoms with Gasteiger partial charge in [-0.2, -0.15) is 0 Å². The van der Waals surface area contributed by atoms with Gasteiger partial charge in [0.25, 0.3) is 0 Å². The Morgan fingerprint density at radius 3 is 2.25 bits per heavy atom. The molecule has 0 aliphatic carbocycles. The molecule has 1 aromatic rings. The number of anilines is 1. The third-order valence-electron chi connectivity index (χ3n) is 15.3. The number of benzene rings is 1. The first-order chi connectivity index (χ1) is 34.0. The summed E-state index contributed by atoms with van der Waals surface area (Å²) in [6.07, 6.45) is -8.89. The van der Waals surface area contributed by atoms with Crippen molar-refractivity contribution >= 4 is 58.2 Å². The number of esters is 2. The number of nitrogens with zero attached hydrogens (tertiary/aromatic N) is 3. The summed E-state index contributed by atoms with van der Waals surface area (Å²) in [4.78, 5) is 33.0. The van der Waals surface area contributed by atoms with E-state index in [-0.39, 0.29) is 62.9 Å². The Morgan fingerprint density at radius 2 is 1.64 bits per heavy atom. The van der Waals surface area contributed by atoms with Gasteiger partial charge in [-0.1, -0.05) is 44.0 Å². The van der Waals surface area contributed by atoms with Gasteiger partial charge in [0.2, 0.25) is 0 Å². The van der Waals surface area contributed by atoms with Crippen molar-refractivity contribution < 1.29 is 68.3 Å². The van der Waals surface area contributed by atoms with Crippen molar-refractivity contribution in [1.82, 2.24) is 14.7 Å². The van der Waals surface area contributed by atoms with E-state index in [0.717, 1.165) is 0 Å². The Kier molecular flexibility index (Phi) is 23.9. The first-order valence-electron chi connectivity index (χ1n) is 25.9. The number of thiocarbonyl (C=S) groups is 1. The molecule has 0 saturated carbocycles. The fourth-order valence-corrected chi connectivity index (χ4v) is 11.7. The van der Waals surface area contributed by atoms with Crippen molar-refractivity contribution in [1.29, 1.82) is 0 Å². The predicted molar refractivity (Wildman–Crippen MR) is 283 cm³/mol. The maximum atomic E-state index is 14.7. The lowest BCUT2D eigenvalue weighted by Gasteiger charge is -2.48. The molecule has 6 N–H and O–H groups in total. The molecule has 0 aromatic heterocycles. The fraction of sp³-hybridized carbons (Fsp3) is 0.827. The summed E-state index contributed by atoms with van der Waals surface area (Å²) in [7, 11) is 5.23. The van der Waals surface area contributed by atoms with Crippen molar-refractivity contribution in [2.45, 2.75) is 205 Å². The number of cyclic esters (lactones) is 1. The number of likely N-dealkylation sites (N-methyl/N-ethyl adjacent to an activating group) is 1. The average Bonchev–Trinajstić information content (AvgIpc) is 3.31. The van der Waals surface area contributed by atoms with Gasteiger partial charge in [0.15, 0.2) is 17.7 Å². The number of carbonyl (C=O) groups excluding carboxylic acids is 2. The third kappa shape index (κ3) is 16.5. The van der Waals surface area contributed by atoms with Crippen molar-refractivity contribution in [3.05, 3.63) is 28.2 Å². The first kappa shape index (κ1) is 63.5. The Hall–Kier alpha value is -2.05. The zero-order valence-electron chi connectivity index (χ0n) is 45.6. The molecule has 3 heterocycles. The van der Waals surface area contributed by atoms with Crippen LogP contribution >= 0.6 is 35.4 Å². The summed E-state index contributed by atoms with van der Waals surface area (Å²) in [6.45, 7) is 20.6. The molecule has 0 amide bonds. The van der Waals surface area contributed by atoms with Crippen LogP contribution < -0.4 is 5.32 Å². The highest BCUT2D eigenvalue weighted by Gasteiger charge is 2.53. The number of hydrogen-bond donors (Lipinski definition) is 6. The fourth-order valence-electron chi connectivity index (χ4n) is 10.9. The van der Waals surface area contributed by atoms with Gasteiger partial charge in [-0.3, -0.25) is 14.5 Å². The molecular weight excluding hydrogens is 1010 g/mol. The number of halogens is 2. The SMILES string of the molecule is CCOC(=O)CCN(CCCN1C[C@H](C)C[C@@](C)(O)[C@H](O[C@@H]2O[C@H](C)C[C@H](N(C)C)[C@H]2O)[C@@H](C)[C@H](O[C@H]2C[C@@](C)(OC)[C@@H](O)[C@H](C)O2)[C@@H](C)C(=O)O[C@H](CC)[C@@](C)(O)[C@H](O)[C@H]1C)C(=S)Nc1ccc(Cl)cc1Cl. The van der Waals surface area contributed by atoms with E-state index in [1.807, 2.05) is 42.6 Å². The summed E-state index contributed by atoms with van der Waals surface area (Å²) in [5.41, 5.74) is -4.22. The van der Waals surface area contributed by atoms with Gasteiger partial charge in [-0.05, 0) is 132 Å². The van der Waals surface area contributed by atoms with Gasteiger partial charge in [-0.25, -0.2) is 0 Å². The van der Waals surface area contributed by atoms with E-state index in [1.54, 1.807) is 73.6 Å². The highest BCUT2D eigenvalue weighted by atomic mass is 35.5. The molecule has 3 aliphatic heterocycles. The van der Waals surface area contributed by atoms with E-state index < -0.39 is 96.0 Å². The Bertz CT molecular complexity index is 1940. The van der Waals surface area contributed by atoms with Crippen LogP contribution in [0.15, 0.2) is 18.2 Å². The maximum absolute atomic E-state index is 14.7. The Morgan fingerprint density at radius 1 is 0.973 bits per heavy atom. The molecule has 18 nitrogen and oxygen atoms in total. The molecule has 3 aliphatic rings. The topological polar surface area (TPSA) is 222 Å². The molecule has 0 unspecified atom stereocenters. The minimum Gasteiger partial charge on any atom is -0.466 e. The number of methoxy groups -OCH3 is 1. The molecule has 18 atom stereocenters. The monoisotopic (exact) mass is 1090 g/mol. The standard InChI is InChI=1S/C52H88Cl2N4O14S/c1-15-39-52(11,65)44(61)33(7)58(22-17-21-57(23-20-40(59)67-16-2)49(73)55-37-19-18-35(53)25-36(37)54)28-29(3)26-50(9,64)46(72-48-42(60)38(56(12)13)24-30(4)68-48)31(5)43(32(6)47(63)70-39)71-41-27-51(10,66-14)45(62)34(8)69-41/h18-19,25,29-34,38-39,41-46,48,60-62,64-65H,15-17,20-24,26-28H2,1-14H3,(H,55,73)/t29-,30-,31+,32-,33-,34+,38+,39-,41+,42-,43+,44-,45+,46-,48+,50-,51-,52-/m1/s1. The van der Waals surface area contributed by atoms with Gasteiger partial charge >= 0.3 is 11.9 Å². The van der Waals surface area contributed by atoms with Crippen LogP contribution in [0.25, 0.3) is 0 Å². The van der Waals surface area contributed by atoms with Gasteiger partial charge in [0.1, 0.15) is 30.0 Å². The molecule has 73 heavy (non-hydrogen) atoms. The largest absolute Gasteiger partial charge is 0.466 e. The van der Waals surface area contributed by atoms with E-state index in [9.17, 15) is 35.1 Å². The van der Waals surface area contributed by atoms with Gasteiger partial charge in [0, 0.05) is 62.7 Å². The molecule has 0 spiro atoms. The van der Waals surface area contributed by atoms with Crippen molar-refractivity contribution in [2.75, 3.05) is 59.3 Å². The Labute approximate surface area is 449 Å². The molecule has 3 saturated heterocycles. The van der Waals surface area contributed by atoms with E-state index in [2.05, 4.69) is 5.32 Å². The van der Waals surface area contributed by atoms with Crippen molar-refractivity contribution in [2.24, 2.45) is 17.8 Å². The molecule has 0 bridgehead atoms. The number of nitrogens with one attached hydrogen (secondary N) is 1. The molecule has 4 rings (SSSR count). The highest BCUT2D eigenvalue weighted by Crippen LogP contribution is 2.40. The van der Waals surface area contributed by atoms with Gasteiger partial charge in [-0.15, -0.1) is 0 Å². The van der Waals surface area contributed by atoms with Crippen LogP contribution in [0, 0.1) is 17.8 Å². The third-order valence-corrected chi connectivity index (χ3v) is 16.2. The maximum Gasteiger partial charge on any atom is 0.311 e. The number of ether oxygens (including phenoxy) is 7. The molecule has 420 valence electrons. The van der Waals surface area contributed by atoms with E-state index in [4.69, 9.17) is 68.6 Å². The minimum absolute atomic E-state index is 0.0568. The van der Waals surface area contributed by atoms with Crippen LogP contribution in [0.4, 0.5) is 5.69 Å². The quantitative estimate of drug-likeness (QED) is 0.0874. The highest BCUT2D eigenvalue weighted by molar-refractivity contribution is 7.80. The number of hydrogen-bond acceptors (Lipinski definition) is 17. The zero-order chi connectivity index (χ0) is 54.9. The van der Waals surface area contributed by atoms with E-state index in [0.29, 0.717) is 53.3 Å². The van der Waals surface area contributed by atoms with Gasteiger partial charge in [0.05, 0.1) is 65.3 Å². The minimum atomic E-state index is -1.97. The summed E-state index contributed by atoms with van der Waals surface area (Å²) < 4.78 is 43.5. The second kappa shape index (κ2) is 27.5. The lowest BCUT2D eigenvalue weighted by Crippen LogP contribution is -2.60. The number of aliphatic hydroxyl groups is 5. The lowest BCUT2D eigenvalue weighted by molar-refractivity contribution is -0.318. The smallest absolute Gasteiger partial charge is 0.311 e. The van der Waals surface area contributed by atoms with Crippen LogP contribution in [-0.2, 0) is 42.7 Å². The predicted octanol–water partition coefficient (Wildman–Crippen LogP) is 5.62.